The van der Waals surface area contributed by atoms with Gasteiger partial charge in [0.1, 0.15) is 0 Å². The maximum atomic E-state index is 9.04. The average Bonchev–Trinajstić information content (AvgIpc) is 2.36. The molecule has 0 fully saturated rings. The van der Waals surface area contributed by atoms with E-state index in [1.807, 2.05) is 6.92 Å². The third-order valence-electron chi connectivity index (χ3n) is 1.36. The summed E-state index contributed by atoms with van der Waals surface area (Å²) in [4.78, 5) is 0. The number of aliphatic hydroxyl groups excluding tert-OH is 1. The van der Waals surface area contributed by atoms with E-state index in [-0.39, 0.29) is 6.10 Å². The van der Waals surface area contributed by atoms with Crippen molar-refractivity contribution < 1.29 is 9.84 Å². The summed E-state index contributed by atoms with van der Waals surface area (Å²) in [5.74, 6) is 0.609. The van der Waals surface area contributed by atoms with E-state index in [2.05, 4.69) is 5.10 Å². The van der Waals surface area contributed by atoms with Gasteiger partial charge in [-0.25, -0.2) is 0 Å². The number of hydrogen-bond donors (Lipinski definition) is 1. The zero-order valence-electron chi connectivity index (χ0n) is 7.40. The lowest BCUT2D eigenvalue weighted by atomic mass is 10.4. The van der Waals surface area contributed by atoms with Crippen LogP contribution in [0.3, 0.4) is 0 Å². The topological polar surface area (TPSA) is 47.3 Å². The number of hydrogen-bond acceptors (Lipinski definition) is 3. The number of aliphatic hydroxyl groups is 1. The van der Waals surface area contributed by atoms with Crippen LogP contribution in [0, 0.1) is 0 Å². The monoisotopic (exact) mass is 170 g/mol. The Bertz CT molecular complexity index is 233. The molecular formula is C8H14N2O2. The Hall–Kier alpha value is -1.03. The first kappa shape index (κ1) is 9.06. The summed E-state index contributed by atoms with van der Waals surface area (Å²) in [6, 6.07) is 1.78. The molecule has 0 radical (unpaired) electrons. The molecule has 12 heavy (non-hydrogen) atoms. The van der Waals surface area contributed by atoms with Crippen molar-refractivity contribution in [2.75, 3.05) is 6.61 Å². The average molecular weight is 170 g/mol. The highest BCUT2D eigenvalue weighted by molar-refractivity contribution is 5.05. The van der Waals surface area contributed by atoms with Gasteiger partial charge in [-0.1, -0.05) is 0 Å². The lowest BCUT2D eigenvalue weighted by Gasteiger charge is -2.02. The number of rotatable bonds is 4. The molecule has 0 saturated carbocycles. The molecule has 0 aromatic carbocycles. The second-order valence-corrected chi connectivity index (χ2v) is 2.66. The maximum absolute atomic E-state index is 9.04. The molecule has 0 bridgehead atoms. The van der Waals surface area contributed by atoms with Crippen LogP contribution in [0.25, 0.3) is 0 Å². The summed E-state index contributed by atoms with van der Waals surface area (Å²) in [6.07, 6.45) is 1.41. The summed E-state index contributed by atoms with van der Waals surface area (Å²) in [6.45, 7) is 4.76. The summed E-state index contributed by atoms with van der Waals surface area (Å²) in [5, 5.41) is 13.1. The molecule has 1 rings (SSSR count). The van der Waals surface area contributed by atoms with Gasteiger partial charge < -0.3 is 9.84 Å². The van der Waals surface area contributed by atoms with Gasteiger partial charge in [0.15, 0.2) is 0 Å². The lowest BCUT2D eigenvalue weighted by Crippen LogP contribution is -2.12. The molecule has 0 spiro atoms. The minimum absolute atomic E-state index is 0.376. The van der Waals surface area contributed by atoms with Crippen LogP contribution in [0.1, 0.15) is 13.8 Å². The molecule has 68 valence electrons. The van der Waals surface area contributed by atoms with E-state index < -0.39 is 0 Å². The smallest absolute Gasteiger partial charge is 0.232 e. The summed E-state index contributed by atoms with van der Waals surface area (Å²) >= 11 is 0. The zero-order valence-corrected chi connectivity index (χ0v) is 7.40. The van der Waals surface area contributed by atoms with Crippen LogP contribution in [-0.4, -0.2) is 27.6 Å². The second kappa shape index (κ2) is 4.11. The van der Waals surface area contributed by atoms with Gasteiger partial charge >= 0.3 is 0 Å². The Balaban J connectivity index is 2.52. The van der Waals surface area contributed by atoms with E-state index >= 15 is 0 Å². The number of aromatic nitrogens is 2. The standard InChI is InChI=1S/C8H14N2O2/c1-3-12-8-4-5-10(9-8)6-7(2)11/h4-5,7,11H,3,6H2,1-2H3. The van der Waals surface area contributed by atoms with Gasteiger partial charge in [0.25, 0.3) is 0 Å². The van der Waals surface area contributed by atoms with Crippen molar-refractivity contribution in [1.82, 2.24) is 9.78 Å². The normalized spacial score (nSPS) is 12.9. The van der Waals surface area contributed by atoms with Gasteiger partial charge in [-0.2, -0.15) is 0 Å². The van der Waals surface area contributed by atoms with E-state index in [4.69, 9.17) is 9.84 Å². The fourth-order valence-corrected chi connectivity index (χ4v) is 0.940. The lowest BCUT2D eigenvalue weighted by molar-refractivity contribution is 0.167. The molecule has 1 N–H and O–H groups in total. The predicted octanol–water partition coefficient (Wildman–Crippen LogP) is 0.663. The highest BCUT2D eigenvalue weighted by atomic mass is 16.5. The van der Waals surface area contributed by atoms with Gasteiger partial charge in [0, 0.05) is 12.3 Å². The maximum Gasteiger partial charge on any atom is 0.232 e. The third kappa shape index (κ3) is 2.54. The molecule has 0 aliphatic rings. The molecule has 4 nitrogen and oxygen atoms in total. The largest absolute Gasteiger partial charge is 0.477 e. The molecule has 1 unspecified atom stereocenters. The van der Waals surface area contributed by atoms with E-state index in [0.29, 0.717) is 19.0 Å². The van der Waals surface area contributed by atoms with Crippen molar-refractivity contribution >= 4 is 0 Å². The highest BCUT2D eigenvalue weighted by Gasteiger charge is 2.00. The van der Waals surface area contributed by atoms with Crippen molar-refractivity contribution in [3.63, 3.8) is 0 Å². The van der Waals surface area contributed by atoms with Gasteiger partial charge in [0.2, 0.25) is 5.88 Å². The SMILES string of the molecule is CCOc1ccn(CC(C)O)n1. The summed E-state index contributed by atoms with van der Waals surface area (Å²) < 4.78 is 6.82. The molecule has 4 heteroatoms. The van der Waals surface area contributed by atoms with Gasteiger partial charge in [-0.05, 0) is 13.8 Å². The van der Waals surface area contributed by atoms with Crippen molar-refractivity contribution in [2.24, 2.45) is 0 Å². The van der Waals surface area contributed by atoms with Crippen molar-refractivity contribution in [2.45, 2.75) is 26.5 Å². The Morgan fingerprint density at radius 2 is 2.50 bits per heavy atom. The van der Waals surface area contributed by atoms with Crippen LogP contribution < -0.4 is 4.74 Å². The Kier molecular flexibility index (Phi) is 3.10. The Morgan fingerprint density at radius 1 is 1.75 bits per heavy atom. The molecule has 1 atom stereocenters. The summed E-state index contributed by atoms with van der Waals surface area (Å²) in [7, 11) is 0. The van der Waals surface area contributed by atoms with E-state index in [1.165, 1.54) is 0 Å². The van der Waals surface area contributed by atoms with Gasteiger partial charge in [-0.3, -0.25) is 4.68 Å². The fourth-order valence-electron chi connectivity index (χ4n) is 0.940. The zero-order chi connectivity index (χ0) is 8.97. The molecule has 0 amide bonds. The number of nitrogens with zero attached hydrogens (tertiary/aromatic N) is 2. The number of ether oxygens (including phenoxy) is 1. The Morgan fingerprint density at radius 3 is 3.08 bits per heavy atom. The Labute approximate surface area is 71.8 Å². The minimum Gasteiger partial charge on any atom is -0.477 e. The third-order valence-corrected chi connectivity index (χ3v) is 1.36. The van der Waals surface area contributed by atoms with E-state index in [9.17, 15) is 0 Å². The molecule has 0 saturated heterocycles. The minimum atomic E-state index is -0.376. The summed E-state index contributed by atoms with van der Waals surface area (Å²) in [5.41, 5.74) is 0. The first-order chi connectivity index (χ1) is 5.72. The first-order valence-electron chi connectivity index (χ1n) is 4.06. The quantitative estimate of drug-likeness (QED) is 0.722. The van der Waals surface area contributed by atoms with E-state index in [0.717, 1.165) is 0 Å². The molecule has 0 aliphatic heterocycles. The molecule has 1 heterocycles. The van der Waals surface area contributed by atoms with Gasteiger partial charge in [0.05, 0.1) is 19.3 Å². The highest BCUT2D eigenvalue weighted by Crippen LogP contribution is 2.05. The van der Waals surface area contributed by atoms with Crippen LogP contribution in [0.5, 0.6) is 5.88 Å². The molecule has 0 aliphatic carbocycles. The van der Waals surface area contributed by atoms with Crippen molar-refractivity contribution in [1.29, 1.82) is 0 Å². The first-order valence-corrected chi connectivity index (χ1v) is 4.06. The van der Waals surface area contributed by atoms with Crippen molar-refractivity contribution in [3.05, 3.63) is 12.3 Å². The predicted molar refractivity (Wildman–Crippen MR) is 45.1 cm³/mol. The van der Waals surface area contributed by atoms with E-state index in [1.54, 1.807) is 23.9 Å². The van der Waals surface area contributed by atoms with Crippen molar-refractivity contribution in [3.8, 4) is 5.88 Å². The van der Waals surface area contributed by atoms with Crippen LogP contribution in [0.15, 0.2) is 12.3 Å². The second-order valence-electron chi connectivity index (χ2n) is 2.66. The molecule has 1 aromatic rings. The van der Waals surface area contributed by atoms with Crippen LogP contribution in [0.2, 0.25) is 0 Å². The van der Waals surface area contributed by atoms with Crippen LogP contribution in [0.4, 0.5) is 0 Å². The van der Waals surface area contributed by atoms with Gasteiger partial charge in [-0.15, -0.1) is 5.10 Å². The molecule has 1 aromatic heterocycles. The fraction of sp³-hybridized carbons (Fsp3) is 0.625. The van der Waals surface area contributed by atoms with Crippen LogP contribution >= 0.6 is 0 Å². The molecular weight excluding hydrogens is 156 g/mol. The van der Waals surface area contributed by atoms with Crippen LogP contribution in [-0.2, 0) is 6.54 Å².